The Morgan fingerprint density at radius 3 is 3.19 bits per heavy atom. The minimum Gasteiger partial charge on any atom is -0.464 e. The van der Waals surface area contributed by atoms with Crippen LogP contribution in [0.1, 0.15) is 11.8 Å². The highest BCUT2D eigenvalue weighted by Gasteiger charge is 2.29. The summed E-state index contributed by atoms with van der Waals surface area (Å²) in [5.41, 5.74) is 4.04. The Morgan fingerprint density at radius 1 is 1.69 bits per heavy atom. The highest BCUT2D eigenvalue weighted by atomic mass is 32.1. The van der Waals surface area contributed by atoms with Gasteiger partial charge in [-0.3, -0.25) is 5.01 Å². The van der Waals surface area contributed by atoms with E-state index < -0.39 is 0 Å². The minimum atomic E-state index is -0.382. The number of thiophene rings is 1. The zero-order valence-corrected chi connectivity index (χ0v) is 10.1. The van der Waals surface area contributed by atoms with Gasteiger partial charge in [-0.1, -0.05) is 0 Å². The van der Waals surface area contributed by atoms with Gasteiger partial charge in [0.2, 0.25) is 0 Å². The van der Waals surface area contributed by atoms with E-state index in [0.717, 1.165) is 10.6 Å². The number of hydrazine groups is 1. The van der Waals surface area contributed by atoms with Crippen molar-refractivity contribution in [2.75, 3.05) is 18.7 Å². The fourth-order valence-corrected chi connectivity index (χ4v) is 2.51. The van der Waals surface area contributed by atoms with E-state index in [1.54, 1.807) is 18.4 Å². The van der Waals surface area contributed by atoms with Crippen LogP contribution in [0.25, 0.3) is 6.08 Å². The van der Waals surface area contributed by atoms with Gasteiger partial charge in [0.1, 0.15) is 0 Å². The molecule has 0 amide bonds. The van der Waals surface area contributed by atoms with Gasteiger partial charge in [-0.05, 0) is 30.5 Å². The predicted octanol–water partition coefficient (Wildman–Crippen LogP) is 1.65. The smallest absolute Gasteiger partial charge is 0.334 e. The largest absolute Gasteiger partial charge is 0.464 e. The first kappa shape index (κ1) is 11.2. The van der Waals surface area contributed by atoms with Crippen molar-refractivity contribution in [3.05, 3.63) is 22.4 Å². The topological polar surface area (TPSA) is 41.6 Å². The Morgan fingerprint density at radius 2 is 2.50 bits per heavy atom. The summed E-state index contributed by atoms with van der Waals surface area (Å²) in [5, 5.41) is 3.83. The fraction of sp³-hybridized carbons (Fsp3) is 0.364. The summed E-state index contributed by atoms with van der Waals surface area (Å²) in [6.45, 7) is 2.21. The van der Waals surface area contributed by atoms with Crippen molar-refractivity contribution in [2.45, 2.75) is 13.0 Å². The molecule has 1 aromatic heterocycles. The van der Waals surface area contributed by atoms with Gasteiger partial charge in [0, 0.05) is 7.05 Å². The first-order valence-electron chi connectivity index (χ1n) is 5.17. The molecule has 0 aliphatic carbocycles. The van der Waals surface area contributed by atoms with Crippen LogP contribution in [0.5, 0.6) is 0 Å². The molecule has 0 fully saturated rings. The van der Waals surface area contributed by atoms with E-state index in [9.17, 15) is 4.79 Å². The minimum absolute atomic E-state index is 0.232. The van der Waals surface area contributed by atoms with E-state index in [0.29, 0.717) is 6.61 Å². The van der Waals surface area contributed by atoms with Crippen LogP contribution < -0.4 is 10.4 Å². The second kappa shape index (κ2) is 4.67. The molecule has 5 heteroatoms. The van der Waals surface area contributed by atoms with E-state index in [2.05, 4.69) is 5.43 Å². The van der Waals surface area contributed by atoms with Crippen LogP contribution >= 0.6 is 11.3 Å². The van der Waals surface area contributed by atoms with E-state index in [1.165, 1.54) is 0 Å². The third kappa shape index (κ3) is 1.83. The van der Waals surface area contributed by atoms with Gasteiger partial charge in [0.15, 0.2) is 6.04 Å². The van der Waals surface area contributed by atoms with E-state index in [-0.39, 0.29) is 12.0 Å². The lowest BCUT2D eigenvalue weighted by molar-refractivity contribution is -0.143. The standard InChI is InChI=1S/C11H14N2O2S/c1-3-15-11(14)9-4-5-10-8(6-7-16-10)13(9)12-2/h4-7,9,12H,3H2,1-2H3. The van der Waals surface area contributed by atoms with Gasteiger partial charge in [-0.2, -0.15) is 0 Å². The maximum atomic E-state index is 11.7. The number of ether oxygens (including phenoxy) is 1. The lowest BCUT2D eigenvalue weighted by Crippen LogP contribution is -2.49. The molecule has 2 heterocycles. The normalized spacial score (nSPS) is 18.4. The Kier molecular flexibility index (Phi) is 3.26. The molecule has 0 bridgehead atoms. The first-order chi connectivity index (χ1) is 7.77. The summed E-state index contributed by atoms with van der Waals surface area (Å²) >= 11 is 1.65. The monoisotopic (exact) mass is 238 g/mol. The average Bonchev–Trinajstić information content (AvgIpc) is 2.75. The molecule has 4 nitrogen and oxygen atoms in total. The number of anilines is 1. The third-order valence-electron chi connectivity index (χ3n) is 2.41. The molecular weight excluding hydrogens is 224 g/mol. The summed E-state index contributed by atoms with van der Waals surface area (Å²) in [7, 11) is 1.80. The fourth-order valence-electron chi connectivity index (χ4n) is 1.72. The van der Waals surface area contributed by atoms with Gasteiger partial charge in [-0.25, -0.2) is 10.2 Å². The summed E-state index contributed by atoms with van der Waals surface area (Å²) < 4.78 is 5.04. The Labute approximate surface area is 98.5 Å². The van der Waals surface area contributed by atoms with Gasteiger partial charge in [0.25, 0.3) is 0 Å². The highest BCUT2D eigenvalue weighted by Crippen LogP contribution is 2.32. The number of esters is 1. The molecule has 1 N–H and O–H groups in total. The second-order valence-corrected chi connectivity index (χ2v) is 4.27. The lowest BCUT2D eigenvalue weighted by Gasteiger charge is -2.31. The van der Waals surface area contributed by atoms with Crippen molar-refractivity contribution in [3.63, 3.8) is 0 Å². The zero-order chi connectivity index (χ0) is 11.5. The number of carbonyl (C=O) groups excluding carboxylic acids is 1. The van der Waals surface area contributed by atoms with Crippen LogP contribution in [0.15, 0.2) is 17.5 Å². The molecule has 0 aromatic carbocycles. The Bertz CT molecular complexity index is 414. The highest BCUT2D eigenvalue weighted by molar-refractivity contribution is 7.11. The van der Waals surface area contributed by atoms with Gasteiger partial charge < -0.3 is 4.74 Å². The molecule has 0 spiro atoms. The molecule has 1 aliphatic rings. The molecule has 0 radical (unpaired) electrons. The molecule has 86 valence electrons. The van der Waals surface area contributed by atoms with Crippen molar-refractivity contribution in [2.24, 2.45) is 0 Å². The second-order valence-electron chi connectivity index (χ2n) is 3.32. The molecule has 16 heavy (non-hydrogen) atoms. The number of carbonyl (C=O) groups is 1. The molecule has 0 saturated heterocycles. The molecule has 1 aliphatic heterocycles. The lowest BCUT2D eigenvalue weighted by atomic mass is 10.1. The molecule has 2 rings (SSSR count). The SMILES string of the molecule is CCOC(=O)C1C=Cc2sccc2N1NC. The summed E-state index contributed by atoms with van der Waals surface area (Å²) in [5.74, 6) is -0.232. The van der Waals surface area contributed by atoms with Crippen LogP contribution in [-0.4, -0.2) is 25.7 Å². The zero-order valence-electron chi connectivity index (χ0n) is 9.27. The molecule has 0 saturated carbocycles. The van der Waals surface area contributed by atoms with E-state index >= 15 is 0 Å². The first-order valence-corrected chi connectivity index (χ1v) is 6.04. The van der Waals surface area contributed by atoms with Crippen LogP contribution in [0.4, 0.5) is 5.69 Å². The summed E-state index contributed by atoms with van der Waals surface area (Å²) in [6, 6.07) is 1.61. The number of fused-ring (bicyclic) bond motifs is 1. The number of hydrogen-bond donors (Lipinski definition) is 1. The maximum Gasteiger partial charge on any atom is 0.334 e. The van der Waals surface area contributed by atoms with Crippen molar-refractivity contribution in [1.29, 1.82) is 0 Å². The van der Waals surface area contributed by atoms with Crippen LogP contribution in [0.3, 0.4) is 0 Å². The quantitative estimate of drug-likeness (QED) is 0.813. The van der Waals surface area contributed by atoms with E-state index in [1.807, 2.05) is 35.5 Å². The van der Waals surface area contributed by atoms with Crippen LogP contribution in [0, 0.1) is 0 Å². The van der Waals surface area contributed by atoms with Gasteiger partial charge in [-0.15, -0.1) is 11.3 Å². The van der Waals surface area contributed by atoms with Crippen molar-refractivity contribution >= 4 is 29.1 Å². The molecular formula is C11H14N2O2S. The number of hydrogen-bond acceptors (Lipinski definition) is 5. The third-order valence-corrected chi connectivity index (χ3v) is 3.28. The Balaban J connectivity index is 2.26. The molecule has 1 unspecified atom stereocenters. The summed E-state index contributed by atoms with van der Waals surface area (Å²) in [6.07, 6.45) is 3.82. The maximum absolute atomic E-state index is 11.7. The van der Waals surface area contributed by atoms with Crippen molar-refractivity contribution < 1.29 is 9.53 Å². The number of rotatable bonds is 3. The van der Waals surface area contributed by atoms with Crippen LogP contribution in [-0.2, 0) is 9.53 Å². The van der Waals surface area contributed by atoms with Crippen molar-refractivity contribution in [3.8, 4) is 0 Å². The van der Waals surface area contributed by atoms with Crippen LogP contribution in [0.2, 0.25) is 0 Å². The molecule has 1 atom stereocenters. The van der Waals surface area contributed by atoms with Gasteiger partial charge in [0.05, 0.1) is 17.2 Å². The molecule has 1 aromatic rings. The Hall–Kier alpha value is -1.33. The summed E-state index contributed by atoms with van der Waals surface area (Å²) in [4.78, 5) is 12.9. The van der Waals surface area contributed by atoms with Crippen molar-refractivity contribution in [1.82, 2.24) is 5.43 Å². The average molecular weight is 238 g/mol. The number of nitrogens with one attached hydrogen (secondary N) is 1. The number of nitrogens with zero attached hydrogens (tertiary/aromatic N) is 1. The predicted molar refractivity (Wildman–Crippen MR) is 65.3 cm³/mol. The van der Waals surface area contributed by atoms with Gasteiger partial charge >= 0.3 is 5.97 Å². The van der Waals surface area contributed by atoms with E-state index in [4.69, 9.17) is 4.74 Å².